The molecule has 0 aromatic heterocycles. The van der Waals surface area contributed by atoms with Gasteiger partial charge in [0.05, 0.1) is 16.7 Å². The zero-order valence-electron chi connectivity index (χ0n) is 17.7. The Morgan fingerprint density at radius 3 is 2.58 bits per heavy atom. The molecule has 0 unspecified atom stereocenters. The SMILES string of the molecule is Cc1ccc(Cl)cc1N(CC(=O)NCCCOC1CCCC1)S(=O)(=O)c1ccccc1. The number of ether oxygens (including phenoxy) is 1. The van der Waals surface area contributed by atoms with E-state index in [4.69, 9.17) is 16.3 Å². The van der Waals surface area contributed by atoms with E-state index in [0.29, 0.717) is 41.9 Å². The van der Waals surface area contributed by atoms with Gasteiger partial charge < -0.3 is 10.1 Å². The van der Waals surface area contributed by atoms with Crippen LogP contribution in [0.25, 0.3) is 0 Å². The van der Waals surface area contributed by atoms with Crippen LogP contribution < -0.4 is 9.62 Å². The number of carbonyl (C=O) groups is 1. The van der Waals surface area contributed by atoms with Crippen molar-refractivity contribution in [1.82, 2.24) is 5.32 Å². The van der Waals surface area contributed by atoms with Gasteiger partial charge in [-0.15, -0.1) is 0 Å². The van der Waals surface area contributed by atoms with Crippen LogP contribution in [0.4, 0.5) is 5.69 Å². The molecule has 0 heterocycles. The minimum Gasteiger partial charge on any atom is -0.378 e. The number of benzene rings is 2. The van der Waals surface area contributed by atoms with Gasteiger partial charge in [-0.25, -0.2) is 8.42 Å². The average Bonchev–Trinajstić information content (AvgIpc) is 3.28. The summed E-state index contributed by atoms with van der Waals surface area (Å²) in [6.07, 6.45) is 5.68. The molecule has 168 valence electrons. The molecule has 0 spiro atoms. The summed E-state index contributed by atoms with van der Waals surface area (Å²) in [4.78, 5) is 12.7. The largest absolute Gasteiger partial charge is 0.378 e. The first-order valence-corrected chi connectivity index (χ1v) is 12.4. The fourth-order valence-electron chi connectivity index (χ4n) is 3.66. The first-order chi connectivity index (χ1) is 14.9. The van der Waals surface area contributed by atoms with Crippen LogP contribution in [0.3, 0.4) is 0 Å². The molecule has 0 radical (unpaired) electrons. The number of hydrogen-bond acceptors (Lipinski definition) is 4. The quantitative estimate of drug-likeness (QED) is 0.531. The number of rotatable bonds is 10. The molecule has 1 amide bonds. The number of amides is 1. The van der Waals surface area contributed by atoms with E-state index in [0.717, 1.165) is 17.1 Å². The Balaban J connectivity index is 1.68. The van der Waals surface area contributed by atoms with Gasteiger partial charge in [0.1, 0.15) is 6.54 Å². The molecule has 1 fully saturated rings. The summed E-state index contributed by atoms with van der Waals surface area (Å²) in [7, 11) is -3.95. The van der Waals surface area contributed by atoms with E-state index >= 15 is 0 Å². The Bertz CT molecular complexity index is 976. The molecular weight excluding hydrogens is 436 g/mol. The fraction of sp³-hybridized carbons (Fsp3) is 0.435. The van der Waals surface area contributed by atoms with Gasteiger partial charge in [0.25, 0.3) is 10.0 Å². The third-order valence-corrected chi connectivity index (χ3v) is 7.37. The monoisotopic (exact) mass is 464 g/mol. The van der Waals surface area contributed by atoms with Crippen molar-refractivity contribution in [3.63, 3.8) is 0 Å². The number of hydrogen-bond donors (Lipinski definition) is 1. The molecule has 0 atom stereocenters. The van der Waals surface area contributed by atoms with E-state index in [2.05, 4.69) is 5.32 Å². The van der Waals surface area contributed by atoms with Gasteiger partial charge in [-0.2, -0.15) is 0 Å². The minimum atomic E-state index is -3.95. The predicted molar refractivity (Wildman–Crippen MR) is 123 cm³/mol. The summed E-state index contributed by atoms with van der Waals surface area (Å²) in [6, 6.07) is 13.1. The number of nitrogens with zero attached hydrogens (tertiary/aromatic N) is 1. The maximum atomic E-state index is 13.3. The molecule has 0 aliphatic heterocycles. The number of anilines is 1. The van der Waals surface area contributed by atoms with E-state index in [-0.39, 0.29) is 17.3 Å². The Hall–Kier alpha value is -2.09. The van der Waals surface area contributed by atoms with E-state index in [9.17, 15) is 13.2 Å². The maximum absolute atomic E-state index is 13.3. The summed E-state index contributed by atoms with van der Waals surface area (Å²) in [5.41, 5.74) is 1.10. The van der Waals surface area contributed by atoms with E-state index in [1.165, 1.54) is 25.0 Å². The Kier molecular flexibility index (Phi) is 8.35. The van der Waals surface area contributed by atoms with Gasteiger partial charge in [0.15, 0.2) is 0 Å². The van der Waals surface area contributed by atoms with Gasteiger partial charge in [0.2, 0.25) is 5.91 Å². The highest BCUT2D eigenvalue weighted by Gasteiger charge is 2.28. The van der Waals surface area contributed by atoms with Gasteiger partial charge in [0, 0.05) is 18.2 Å². The Labute approximate surface area is 189 Å². The normalized spacial score (nSPS) is 14.5. The van der Waals surface area contributed by atoms with Crippen molar-refractivity contribution in [2.24, 2.45) is 0 Å². The summed E-state index contributed by atoms with van der Waals surface area (Å²) in [6.45, 7) is 2.48. The van der Waals surface area contributed by atoms with Gasteiger partial charge >= 0.3 is 0 Å². The van der Waals surface area contributed by atoms with E-state index in [1.807, 2.05) is 0 Å². The van der Waals surface area contributed by atoms with Gasteiger partial charge in [-0.1, -0.05) is 48.7 Å². The number of halogens is 1. The average molecular weight is 465 g/mol. The number of aryl methyl sites for hydroxylation is 1. The standard InChI is InChI=1S/C23H29ClN2O4S/c1-18-12-13-19(24)16-22(18)26(31(28,29)21-10-3-2-4-11-21)17-23(27)25-14-7-15-30-20-8-5-6-9-20/h2-4,10-13,16,20H,5-9,14-15,17H2,1H3,(H,25,27). The molecular formula is C23H29ClN2O4S. The molecule has 6 nitrogen and oxygen atoms in total. The molecule has 1 N–H and O–H groups in total. The zero-order chi connectivity index (χ0) is 22.3. The van der Waals surface area contributed by atoms with E-state index in [1.54, 1.807) is 43.3 Å². The summed E-state index contributed by atoms with van der Waals surface area (Å²) < 4.78 is 33.6. The second-order valence-corrected chi connectivity index (χ2v) is 10.0. The Morgan fingerprint density at radius 2 is 1.87 bits per heavy atom. The third-order valence-electron chi connectivity index (χ3n) is 5.36. The highest BCUT2D eigenvalue weighted by molar-refractivity contribution is 7.92. The lowest BCUT2D eigenvalue weighted by Crippen LogP contribution is -2.41. The summed E-state index contributed by atoms with van der Waals surface area (Å²) in [5.74, 6) is -0.375. The van der Waals surface area contributed by atoms with Crippen LogP contribution >= 0.6 is 11.6 Å². The van der Waals surface area contributed by atoms with Crippen molar-refractivity contribution in [2.75, 3.05) is 24.0 Å². The van der Waals surface area contributed by atoms with E-state index < -0.39 is 10.0 Å². The lowest BCUT2D eigenvalue weighted by Gasteiger charge is -2.26. The third kappa shape index (κ3) is 6.45. The highest BCUT2D eigenvalue weighted by Crippen LogP contribution is 2.29. The first-order valence-electron chi connectivity index (χ1n) is 10.6. The van der Waals surface area contributed by atoms with Crippen molar-refractivity contribution < 1.29 is 17.9 Å². The van der Waals surface area contributed by atoms with Crippen LogP contribution in [0, 0.1) is 6.92 Å². The van der Waals surface area contributed by atoms with Crippen molar-refractivity contribution in [3.05, 3.63) is 59.1 Å². The van der Waals surface area contributed by atoms with Gasteiger partial charge in [-0.3, -0.25) is 9.10 Å². The maximum Gasteiger partial charge on any atom is 0.264 e. The molecule has 0 bridgehead atoms. The second kappa shape index (κ2) is 11.0. The molecule has 3 rings (SSSR count). The lowest BCUT2D eigenvalue weighted by atomic mass is 10.2. The highest BCUT2D eigenvalue weighted by atomic mass is 35.5. The molecule has 2 aromatic rings. The molecule has 8 heteroatoms. The molecule has 1 aliphatic carbocycles. The van der Waals surface area contributed by atoms with Crippen molar-refractivity contribution in [2.45, 2.75) is 50.0 Å². The first kappa shape index (κ1) is 23.6. The zero-order valence-corrected chi connectivity index (χ0v) is 19.3. The molecule has 31 heavy (non-hydrogen) atoms. The van der Waals surface area contributed by atoms with Crippen molar-refractivity contribution in [3.8, 4) is 0 Å². The molecule has 1 saturated carbocycles. The van der Waals surface area contributed by atoms with Gasteiger partial charge in [-0.05, 0) is 56.0 Å². The van der Waals surface area contributed by atoms with Crippen LogP contribution in [0.2, 0.25) is 5.02 Å². The number of carbonyl (C=O) groups excluding carboxylic acids is 1. The summed E-state index contributed by atoms with van der Waals surface area (Å²) >= 11 is 6.13. The van der Waals surface area contributed by atoms with Crippen LogP contribution in [-0.4, -0.2) is 40.1 Å². The van der Waals surface area contributed by atoms with Crippen LogP contribution in [0.1, 0.15) is 37.7 Å². The van der Waals surface area contributed by atoms with Crippen molar-refractivity contribution >= 4 is 33.2 Å². The van der Waals surface area contributed by atoms with Crippen LogP contribution in [-0.2, 0) is 19.6 Å². The smallest absolute Gasteiger partial charge is 0.264 e. The topological polar surface area (TPSA) is 75.7 Å². The molecule has 1 aliphatic rings. The Morgan fingerprint density at radius 1 is 1.16 bits per heavy atom. The van der Waals surface area contributed by atoms with Crippen molar-refractivity contribution in [1.29, 1.82) is 0 Å². The predicted octanol–water partition coefficient (Wildman–Crippen LogP) is 4.31. The number of nitrogens with one attached hydrogen (secondary N) is 1. The summed E-state index contributed by atoms with van der Waals surface area (Å²) in [5, 5.41) is 3.21. The minimum absolute atomic E-state index is 0.118. The molecule has 0 saturated heterocycles. The van der Waals surface area contributed by atoms with Crippen LogP contribution in [0.5, 0.6) is 0 Å². The van der Waals surface area contributed by atoms with Crippen LogP contribution in [0.15, 0.2) is 53.4 Å². The lowest BCUT2D eigenvalue weighted by molar-refractivity contribution is -0.119. The second-order valence-electron chi connectivity index (χ2n) is 7.74. The number of sulfonamides is 1. The molecule has 2 aromatic carbocycles. The fourth-order valence-corrected chi connectivity index (χ4v) is 5.33.